The fourth-order valence-corrected chi connectivity index (χ4v) is 2.54. The largest absolute Gasteiger partial charge is 0.469 e. The predicted molar refractivity (Wildman–Crippen MR) is 123 cm³/mol. The van der Waals surface area contributed by atoms with Crippen LogP contribution in [-0.2, 0) is 15.9 Å². The van der Waals surface area contributed by atoms with Crippen molar-refractivity contribution in [2.45, 2.75) is 25.9 Å². The molecule has 1 aromatic heterocycles. The van der Waals surface area contributed by atoms with Gasteiger partial charge in [0.1, 0.15) is 5.76 Å². The minimum atomic E-state index is 0. The van der Waals surface area contributed by atoms with Crippen molar-refractivity contribution in [1.29, 1.82) is 0 Å². The smallest absolute Gasteiger partial charge is 0.191 e. The molecule has 0 aliphatic heterocycles. The molecular formula is C21H32IN3O3. The third-order valence-corrected chi connectivity index (χ3v) is 4.05. The highest BCUT2D eigenvalue weighted by molar-refractivity contribution is 14.0. The second kappa shape index (κ2) is 15.4. The third-order valence-electron chi connectivity index (χ3n) is 4.05. The van der Waals surface area contributed by atoms with Crippen molar-refractivity contribution in [3.8, 4) is 0 Å². The number of guanidine groups is 1. The minimum absolute atomic E-state index is 0. The van der Waals surface area contributed by atoms with Crippen LogP contribution in [0.15, 0.2) is 58.1 Å². The van der Waals surface area contributed by atoms with Crippen LogP contribution in [0, 0.1) is 0 Å². The van der Waals surface area contributed by atoms with Gasteiger partial charge in [0, 0.05) is 39.8 Å². The molecule has 1 atom stereocenters. The molecule has 0 spiro atoms. The molecule has 0 aliphatic carbocycles. The molecule has 0 amide bonds. The summed E-state index contributed by atoms with van der Waals surface area (Å²) < 4.78 is 16.3. The molecular weight excluding hydrogens is 469 g/mol. The Hall–Kier alpha value is -1.58. The van der Waals surface area contributed by atoms with Gasteiger partial charge < -0.3 is 24.5 Å². The van der Waals surface area contributed by atoms with Crippen LogP contribution in [0.5, 0.6) is 0 Å². The molecule has 0 fully saturated rings. The summed E-state index contributed by atoms with van der Waals surface area (Å²) in [6.45, 7) is 5.56. The lowest BCUT2D eigenvalue weighted by Crippen LogP contribution is -2.40. The summed E-state index contributed by atoms with van der Waals surface area (Å²) in [5.41, 5.74) is 1.20. The Morgan fingerprint density at radius 2 is 1.86 bits per heavy atom. The summed E-state index contributed by atoms with van der Waals surface area (Å²) in [6.07, 6.45) is 3.47. The molecule has 0 saturated heterocycles. The summed E-state index contributed by atoms with van der Waals surface area (Å²) >= 11 is 0. The van der Waals surface area contributed by atoms with E-state index in [1.54, 1.807) is 13.4 Å². The molecule has 7 heteroatoms. The van der Waals surface area contributed by atoms with E-state index in [0.29, 0.717) is 26.3 Å². The van der Waals surface area contributed by atoms with E-state index in [2.05, 4.69) is 34.7 Å². The first-order valence-corrected chi connectivity index (χ1v) is 9.49. The molecule has 1 aromatic carbocycles. The van der Waals surface area contributed by atoms with Crippen molar-refractivity contribution >= 4 is 29.9 Å². The van der Waals surface area contributed by atoms with Crippen molar-refractivity contribution in [2.75, 3.05) is 40.0 Å². The predicted octanol–water partition coefficient (Wildman–Crippen LogP) is 3.79. The van der Waals surface area contributed by atoms with Crippen molar-refractivity contribution in [3.05, 3.63) is 60.1 Å². The van der Waals surface area contributed by atoms with Gasteiger partial charge in [0.2, 0.25) is 0 Å². The van der Waals surface area contributed by atoms with E-state index in [4.69, 9.17) is 13.9 Å². The number of hydrogen-bond acceptors (Lipinski definition) is 4. The van der Waals surface area contributed by atoms with Gasteiger partial charge in [-0.1, -0.05) is 30.3 Å². The number of furan rings is 1. The number of benzene rings is 1. The summed E-state index contributed by atoms with van der Waals surface area (Å²) in [5, 5.41) is 6.59. The molecule has 0 aliphatic rings. The van der Waals surface area contributed by atoms with E-state index in [1.165, 1.54) is 5.56 Å². The van der Waals surface area contributed by atoms with Gasteiger partial charge in [-0.2, -0.15) is 0 Å². The Morgan fingerprint density at radius 1 is 1.07 bits per heavy atom. The highest BCUT2D eigenvalue weighted by atomic mass is 127. The molecule has 2 rings (SSSR count). The monoisotopic (exact) mass is 501 g/mol. The number of nitrogens with one attached hydrogen (secondary N) is 2. The Bertz CT molecular complexity index is 636. The minimum Gasteiger partial charge on any atom is -0.469 e. The molecule has 1 unspecified atom stereocenters. The van der Waals surface area contributed by atoms with E-state index in [9.17, 15) is 0 Å². The quantitative estimate of drug-likeness (QED) is 0.201. The maximum Gasteiger partial charge on any atom is 0.191 e. The first kappa shape index (κ1) is 24.5. The van der Waals surface area contributed by atoms with Gasteiger partial charge in [0.25, 0.3) is 0 Å². The molecule has 0 radical (unpaired) electrons. The lowest BCUT2D eigenvalue weighted by molar-refractivity contribution is 0.0652. The maximum atomic E-state index is 5.90. The van der Waals surface area contributed by atoms with Gasteiger partial charge in [-0.05, 0) is 31.0 Å². The second-order valence-corrected chi connectivity index (χ2v) is 6.18. The fourth-order valence-electron chi connectivity index (χ4n) is 2.54. The first-order valence-electron chi connectivity index (χ1n) is 9.49. The van der Waals surface area contributed by atoms with Gasteiger partial charge in [-0.15, -0.1) is 24.0 Å². The lowest BCUT2D eigenvalue weighted by Gasteiger charge is -2.14. The van der Waals surface area contributed by atoms with Crippen molar-refractivity contribution in [2.24, 2.45) is 4.99 Å². The molecule has 2 aromatic rings. The zero-order valence-electron chi connectivity index (χ0n) is 16.7. The van der Waals surface area contributed by atoms with Gasteiger partial charge in [0.05, 0.1) is 19.0 Å². The van der Waals surface area contributed by atoms with E-state index < -0.39 is 0 Å². The zero-order valence-corrected chi connectivity index (χ0v) is 19.1. The number of rotatable bonds is 12. The molecule has 1 heterocycles. The first-order chi connectivity index (χ1) is 13.3. The molecule has 0 bridgehead atoms. The SMILES string of the molecule is COCCNC(=NCCCOC(C)c1ccccc1)NCCc1ccco1.I. The van der Waals surface area contributed by atoms with Crippen LogP contribution in [0.1, 0.15) is 30.8 Å². The number of aliphatic imine (C=N–C) groups is 1. The van der Waals surface area contributed by atoms with Gasteiger partial charge in [-0.3, -0.25) is 4.99 Å². The average Bonchev–Trinajstić information content (AvgIpc) is 3.21. The lowest BCUT2D eigenvalue weighted by atomic mass is 10.1. The fraction of sp³-hybridized carbons (Fsp3) is 0.476. The van der Waals surface area contributed by atoms with Gasteiger partial charge in [-0.25, -0.2) is 0 Å². The molecule has 0 saturated carbocycles. The van der Waals surface area contributed by atoms with Crippen LogP contribution < -0.4 is 10.6 Å². The Morgan fingerprint density at radius 3 is 2.57 bits per heavy atom. The highest BCUT2D eigenvalue weighted by Crippen LogP contribution is 2.15. The summed E-state index contributed by atoms with van der Waals surface area (Å²) in [7, 11) is 1.69. The van der Waals surface area contributed by atoms with Crippen LogP contribution in [0.2, 0.25) is 0 Å². The van der Waals surface area contributed by atoms with Crippen LogP contribution in [-0.4, -0.2) is 45.9 Å². The summed E-state index contributed by atoms with van der Waals surface area (Å²) in [4.78, 5) is 4.61. The second-order valence-electron chi connectivity index (χ2n) is 6.18. The van der Waals surface area contributed by atoms with Crippen LogP contribution in [0.4, 0.5) is 0 Å². The third kappa shape index (κ3) is 10.1. The van der Waals surface area contributed by atoms with E-state index in [1.807, 2.05) is 30.3 Å². The molecule has 28 heavy (non-hydrogen) atoms. The standard InChI is InChI=1S/C21H31N3O3.HI/c1-18(19-8-4-3-5-9-19)26-16-7-12-22-21(24-14-17-25-2)23-13-11-20-10-6-15-27-20;/h3-6,8-10,15,18H,7,11-14,16-17H2,1-2H3,(H2,22,23,24);1H. The number of halogens is 1. The number of ether oxygens (including phenoxy) is 2. The number of nitrogens with zero attached hydrogens (tertiary/aromatic N) is 1. The van der Waals surface area contributed by atoms with Crippen molar-refractivity contribution in [1.82, 2.24) is 10.6 Å². The highest BCUT2D eigenvalue weighted by Gasteiger charge is 2.04. The van der Waals surface area contributed by atoms with Crippen LogP contribution in [0.25, 0.3) is 0 Å². The van der Waals surface area contributed by atoms with Crippen molar-refractivity contribution in [3.63, 3.8) is 0 Å². The number of methoxy groups -OCH3 is 1. The number of hydrogen-bond donors (Lipinski definition) is 2. The molecule has 2 N–H and O–H groups in total. The van der Waals surface area contributed by atoms with Crippen molar-refractivity contribution < 1.29 is 13.9 Å². The Kier molecular flexibility index (Phi) is 13.4. The Balaban J connectivity index is 0.00000392. The van der Waals surface area contributed by atoms with Crippen LogP contribution >= 0.6 is 24.0 Å². The summed E-state index contributed by atoms with van der Waals surface area (Å²) in [5.74, 6) is 1.75. The maximum absolute atomic E-state index is 5.90. The normalized spacial score (nSPS) is 12.3. The Labute approximate surface area is 185 Å². The van der Waals surface area contributed by atoms with Crippen LogP contribution in [0.3, 0.4) is 0 Å². The van der Waals surface area contributed by atoms with Gasteiger partial charge >= 0.3 is 0 Å². The average molecular weight is 501 g/mol. The van der Waals surface area contributed by atoms with E-state index >= 15 is 0 Å². The van der Waals surface area contributed by atoms with Gasteiger partial charge in [0.15, 0.2) is 5.96 Å². The zero-order chi connectivity index (χ0) is 19.2. The topological polar surface area (TPSA) is 68.0 Å². The van der Waals surface area contributed by atoms with E-state index in [-0.39, 0.29) is 30.1 Å². The molecule has 6 nitrogen and oxygen atoms in total. The van der Waals surface area contributed by atoms with E-state index in [0.717, 1.165) is 31.1 Å². The molecule has 156 valence electrons. The summed E-state index contributed by atoms with van der Waals surface area (Å²) in [6, 6.07) is 14.1.